The fraction of sp³-hybridized carbons (Fsp3) is 0.350. The third kappa shape index (κ3) is 6.36. The van der Waals surface area contributed by atoms with Crippen LogP contribution in [0.25, 0.3) is 0 Å². The van der Waals surface area contributed by atoms with E-state index in [9.17, 15) is 13.2 Å². The number of methoxy groups -OCH3 is 3. The molecule has 2 aromatic rings. The predicted octanol–water partition coefficient (Wildman–Crippen LogP) is 3.48. The van der Waals surface area contributed by atoms with Crippen molar-refractivity contribution in [3.63, 3.8) is 0 Å². The number of rotatable bonds is 8. The average Bonchev–Trinajstić information content (AvgIpc) is 2.73. The van der Waals surface area contributed by atoms with Crippen molar-refractivity contribution in [3.8, 4) is 23.0 Å². The van der Waals surface area contributed by atoms with E-state index < -0.39 is 6.36 Å². The van der Waals surface area contributed by atoms with Crippen molar-refractivity contribution in [2.45, 2.75) is 19.5 Å². The highest BCUT2D eigenvalue weighted by molar-refractivity contribution is 5.79. The molecule has 10 heteroatoms. The van der Waals surface area contributed by atoms with Crippen molar-refractivity contribution in [2.75, 3.05) is 28.4 Å². The molecule has 0 saturated heterocycles. The molecule has 30 heavy (non-hydrogen) atoms. The Morgan fingerprint density at radius 2 is 1.40 bits per heavy atom. The zero-order valence-electron chi connectivity index (χ0n) is 17.1. The zero-order chi connectivity index (χ0) is 22.1. The maximum atomic E-state index is 12.6. The van der Waals surface area contributed by atoms with Crippen LogP contribution in [0, 0.1) is 0 Å². The first kappa shape index (κ1) is 23.0. The van der Waals surface area contributed by atoms with Gasteiger partial charge < -0.3 is 29.6 Å². The number of nitrogens with zero attached hydrogens (tertiary/aromatic N) is 1. The van der Waals surface area contributed by atoms with E-state index in [4.69, 9.17) is 14.2 Å². The van der Waals surface area contributed by atoms with Crippen molar-refractivity contribution in [1.82, 2.24) is 10.6 Å². The van der Waals surface area contributed by atoms with E-state index in [1.165, 1.54) is 33.5 Å². The van der Waals surface area contributed by atoms with E-state index in [0.29, 0.717) is 35.3 Å². The molecule has 0 amide bonds. The van der Waals surface area contributed by atoms with Crippen LogP contribution in [0.5, 0.6) is 23.0 Å². The minimum atomic E-state index is -4.76. The van der Waals surface area contributed by atoms with Crippen LogP contribution in [0.3, 0.4) is 0 Å². The first-order valence-electron chi connectivity index (χ1n) is 8.88. The Morgan fingerprint density at radius 1 is 0.833 bits per heavy atom. The van der Waals surface area contributed by atoms with Crippen LogP contribution in [0.2, 0.25) is 0 Å². The van der Waals surface area contributed by atoms with Gasteiger partial charge in [-0.05, 0) is 12.1 Å². The second kappa shape index (κ2) is 10.5. The van der Waals surface area contributed by atoms with E-state index >= 15 is 0 Å². The molecule has 2 N–H and O–H groups in total. The maximum absolute atomic E-state index is 12.6. The van der Waals surface area contributed by atoms with Gasteiger partial charge >= 0.3 is 6.36 Å². The molecular weight excluding hydrogens is 403 g/mol. The van der Waals surface area contributed by atoms with Crippen LogP contribution in [0.4, 0.5) is 13.2 Å². The quantitative estimate of drug-likeness (QED) is 0.497. The van der Waals surface area contributed by atoms with Crippen LogP contribution < -0.4 is 29.6 Å². The second-order valence-electron chi connectivity index (χ2n) is 5.95. The Hall–Kier alpha value is -3.30. The summed E-state index contributed by atoms with van der Waals surface area (Å²) in [7, 11) is 6.15. The van der Waals surface area contributed by atoms with Crippen molar-refractivity contribution >= 4 is 5.96 Å². The molecule has 0 heterocycles. The first-order chi connectivity index (χ1) is 14.3. The number of guanidine groups is 1. The average molecular weight is 427 g/mol. The fourth-order valence-electron chi connectivity index (χ4n) is 2.68. The molecule has 0 bridgehead atoms. The van der Waals surface area contributed by atoms with E-state index in [0.717, 1.165) is 5.56 Å². The number of hydrogen-bond acceptors (Lipinski definition) is 5. The van der Waals surface area contributed by atoms with Gasteiger partial charge in [0.15, 0.2) is 17.5 Å². The summed E-state index contributed by atoms with van der Waals surface area (Å²) in [5, 5.41) is 6.05. The highest BCUT2D eigenvalue weighted by atomic mass is 19.4. The van der Waals surface area contributed by atoms with E-state index in [1.54, 1.807) is 31.3 Å². The minimum absolute atomic E-state index is 0.0784. The molecule has 7 nitrogen and oxygen atoms in total. The van der Waals surface area contributed by atoms with Gasteiger partial charge in [-0.15, -0.1) is 13.2 Å². The van der Waals surface area contributed by atoms with Gasteiger partial charge in [0.25, 0.3) is 0 Å². The molecule has 0 aliphatic carbocycles. The minimum Gasteiger partial charge on any atom is -0.496 e. The van der Waals surface area contributed by atoms with Crippen LogP contribution in [-0.2, 0) is 13.1 Å². The second-order valence-corrected chi connectivity index (χ2v) is 5.95. The Bertz CT molecular complexity index is 873. The Morgan fingerprint density at radius 3 is 1.97 bits per heavy atom. The lowest BCUT2D eigenvalue weighted by molar-refractivity contribution is -0.274. The van der Waals surface area contributed by atoms with Gasteiger partial charge in [0, 0.05) is 37.3 Å². The third-order valence-electron chi connectivity index (χ3n) is 4.10. The van der Waals surface area contributed by atoms with Gasteiger partial charge in [-0.1, -0.05) is 18.2 Å². The number of halogens is 3. The van der Waals surface area contributed by atoms with Crippen LogP contribution >= 0.6 is 0 Å². The lowest BCUT2D eigenvalue weighted by atomic mass is 10.1. The van der Waals surface area contributed by atoms with Crippen LogP contribution in [0.15, 0.2) is 41.4 Å². The number of hydrogen-bond donors (Lipinski definition) is 2. The van der Waals surface area contributed by atoms with Crippen molar-refractivity contribution < 1.29 is 32.1 Å². The number of para-hydroxylation sites is 1. The van der Waals surface area contributed by atoms with Crippen molar-refractivity contribution in [2.24, 2.45) is 4.99 Å². The summed E-state index contributed by atoms with van der Waals surface area (Å²) in [5.41, 5.74) is 1.11. The monoisotopic (exact) mass is 427 g/mol. The van der Waals surface area contributed by atoms with E-state index in [1.807, 2.05) is 0 Å². The van der Waals surface area contributed by atoms with Gasteiger partial charge in [-0.25, -0.2) is 0 Å². The summed E-state index contributed by atoms with van der Waals surface area (Å²) in [6, 6.07) is 9.38. The summed E-state index contributed by atoms with van der Waals surface area (Å²) in [6.07, 6.45) is -4.76. The standard InChI is InChI=1S/C20H24F3N3O4/c1-24-19(25-11-13-7-5-6-8-15(13)30-20(21,22)23)26-12-14-9-17(28-3)18(29-4)10-16(14)27-2/h5-10H,11-12H2,1-4H3,(H2,24,25,26). The molecule has 0 aliphatic rings. The number of aliphatic imine (C=N–C) groups is 1. The Balaban J connectivity index is 2.07. The van der Waals surface area contributed by atoms with Gasteiger partial charge in [0.05, 0.1) is 21.3 Å². The highest BCUT2D eigenvalue weighted by Crippen LogP contribution is 2.34. The molecule has 0 atom stereocenters. The topological polar surface area (TPSA) is 73.3 Å². The lowest BCUT2D eigenvalue weighted by Gasteiger charge is -2.17. The molecule has 0 spiro atoms. The lowest BCUT2D eigenvalue weighted by Crippen LogP contribution is -2.36. The molecule has 0 saturated carbocycles. The highest BCUT2D eigenvalue weighted by Gasteiger charge is 2.31. The molecule has 0 aliphatic heterocycles. The fourth-order valence-corrected chi connectivity index (χ4v) is 2.68. The molecular formula is C20H24F3N3O4. The third-order valence-corrected chi connectivity index (χ3v) is 4.10. The van der Waals surface area contributed by atoms with Crippen molar-refractivity contribution in [1.29, 1.82) is 0 Å². The predicted molar refractivity (Wildman–Crippen MR) is 106 cm³/mol. The van der Waals surface area contributed by atoms with Crippen LogP contribution in [-0.4, -0.2) is 40.7 Å². The zero-order valence-corrected chi connectivity index (χ0v) is 17.1. The number of alkyl halides is 3. The normalized spacial score (nSPS) is 11.6. The van der Waals surface area contributed by atoms with E-state index in [2.05, 4.69) is 20.4 Å². The molecule has 0 unspecified atom stereocenters. The molecule has 2 rings (SSSR count). The summed E-state index contributed by atoms with van der Waals surface area (Å²) in [4.78, 5) is 4.09. The largest absolute Gasteiger partial charge is 0.573 e. The van der Waals surface area contributed by atoms with Gasteiger partial charge in [-0.3, -0.25) is 4.99 Å². The van der Waals surface area contributed by atoms with Crippen molar-refractivity contribution in [3.05, 3.63) is 47.5 Å². The number of benzene rings is 2. The maximum Gasteiger partial charge on any atom is 0.573 e. The summed E-state index contributed by atoms with van der Waals surface area (Å²) < 4.78 is 57.7. The Kier molecular flexibility index (Phi) is 8.02. The molecule has 0 fully saturated rings. The first-order valence-corrected chi connectivity index (χ1v) is 8.88. The van der Waals surface area contributed by atoms with Crippen LogP contribution in [0.1, 0.15) is 11.1 Å². The summed E-state index contributed by atoms with van der Waals surface area (Å²) in [6.45, 7) is 0.402. The van der Waals surface area contributed by atoms with E-state index in [-0.39, 0.29) is 12.3 Å². The SMILES string of the molecule is CN=C(NCc1cc(OC)c(OC)cc1OC)NCc1ccccc1OC(F)(F)F. The molecule has 164 valence electrons. The van der Waals surface area contributed by atoms with Gasteiger partial charge in [0.2, 0.25) is 0 Å². The number of nitrogens with one attached hydrogen (secondary N) is 2. The summed E-state index contributed by atoms with van der Waals surface area (Å²) >= 11 is 0. The molecule has 0 radical (unpaired) electrons. The number of ether oxygens (including phenoxy) is 4. The van der Waals surface area contributed by atoms with Gasteiger partial charge in [-0.2, -0.15) is 0 Å². The Labute approximate surface area is 172 Å². The molecule has 0 aromatic heterocycles. The van der Waals surface area contributed by atoms with Gasteiger partial charge in [0.1, 0.15) is 11.5 Å². The molecule has 2 aromatic carbocycles. The smallest absolute Gasteiger partial charge is 0.496 e. The summed E-state index contributed by atoms with van der Waals surface area (Å²) in [5.74, 6) is 1.76.